The third-order valence-corrected chi connectivity index (χ3v) is 4.76. The highest BCUT2D eigenvalue weighted by Gasteiger charge is 2.12. The van der Waals surface area contributed by atoms with Gasteiger partial charge in [0, 0.05) is 21.2 Å². The molecule has 19 heavy (non-hydrogen) atoms. The summed E-state index contributed by atoms with van der Waals surface area (Å²) in [5, 5.41) is 0. The van der Waals surface area contributed by atoms with E-state index in [-0.39, 0.29) is 5.97 Å². The molecule has 2 heterocycles. The maximum absolute atomic E-state index is 11.6. The van der Waals surface area contributed by atoms with Crippen LogP contribution in [0, 0.1) is 0 Å². The van der Waals surface area contributed by atoms with Gasteiger partial charge in [0.2, 0.25) is 0 Å². The Morgan fingerprint density at radius 3 is 2.53 bits per heavy atom. The van der Waals surface area contributed by atoms with Crippen LogP contribution in [0.5, 0.6) is 0 Å². The lowest BCUT2D eigenvalue weighted by atomic mass is 10.3. The fraction of sp³-hybridized carbons (Fsp3) is 0.357. The van der Waals surface area contributed by atoms with Gasteiger partial charge in [-0.3, -0.25) is 0 Å². The molecule has 0 atom stereocenters. The van der Waals surface area contributed by atoms with Crippen LogP contribution in [-0.4, -0.2) is 19.2 Å². The van der Waals surface area contributed by atoms with E-state index in [2.05, 4.69) is 12.1 Å². The Balaban J connectivity index is 2.09. The van der Waals surface area contributed by atoms with Crippen molar-refractivity contribution in [1.29, 1.82) is 0 Å². The van der Waals surface area contributed by atoms with Gasteiger partial charge in [-0.05, 0) is 38.1 Å². The molecule has 0 spiro atoms. The molecule has 0 unspecified atom stereocenters. The lowest BCUT2D eigenvalue weighted by molar-refractivity contribution is 0.0532. The van der Waals surface area contributed by atoms with Crippen molar-refractivity contribution in [3.05, 3.63) is 34.0 Å². The van der Waals surface area contributed by atoms with E-state index < -0.39 is 0 Å². The summed E-state index contributed by atoms with van der Waals surface area (Å²) in [7, 11) is 0. The molecule has 0 aliphatic carbocycles. The second-order valence-electron chi connectivity index (χ2n) is 3.79. The molecule has 2 aromatic rings. The molecule has 0 aliphatic rings. The van der Waals surface area contributed by atoms with Gasteiger partial charge in [0.1, 0.15) is 4.88 Å². The molecule has 2 rings (SSSR count). The fourth-order valence-electron chi connectivity index (χ4n) is 1.57. The fourth-order valence-corrected chi connectivity index (χ4v) is 3.51. The molecule has 0 aromatic carbocycles. The number of hydrogen-bond donors (Lipinski definition) is 0. The first kappa shape index (κ1) is 14.2. The zero-order chi connectivity index (χ0) is 13.7. The van der Waals surface area contributed by atoms with Gasteiger partial charge in [-0.1, -0.05) is 0 Å². The first-order chi connectivity index (χ1) is 9.24. The first-order valence-corrected chi connectivity index (χ1v) is 7.81. The first-order valence-electron chi connectivity index (χ1n) is 6.18. The van der Waals surface area contributed by atoms with Crippen molar-refractivity contribution in [1.82, 2.24) is 0 Å². The van der Waals surface area contributed by atoms with E-state index in [4.69, 9.17) is 9.47 Å². The Morgan fingerprint density at radius 1 is 1.05 bits per heavy atom. The number of rotatable bonds is 6. The molecule has 0 radical (unpaired) electrons. The van der Waals surface area contributed by atoms with Crippen LogP contribution in [0.25, 0.3) is 9.75 Å². The summed E-state index contributed by atoms with van der Waals surface area (Å²) in [6.45, 7) is 5.57. The maximum atomic E-state index is 11.6. The van der Waals surface area contributed by atoms with E-state index in [1.54, 1.807) is 11.3 Å². The minimum absolute atomic E-state index is 0.246. The predicted octanol–water partition coefficient (Wildman–Crippen LogP) is 4.19. The molecule has 0 amide bonds. The van der Waals surface area contributed by atoms with Gasteiger partial charge in [0.15, 0.2) is 0 Å². The molecule has 3 nitrogen and oxygen atoms in total. The molecule has 0 saturated heterocycles. The maximum Gasteiger partial charge on any atom is 0.348 e. The summed E-state index contributed by atoms with van der Waals surface area (Å²) < 4.78 is 10.4. The van der Waals surface area contributed by atoms with Crippen LogP contribution in [-0.2, 0) is 16.1 Å². The number of carbonyl (C=O) groups is 1. The van der Waals surface area contributed by atoms with Crippen molar-refractivity contribution < 1.29 is 14.3 Å². The van der Waals surface area contributed by atoms with Gasteiger partial charge in [0.05, 0.1) is 13.2 Å². The quantitative estimate of drug-likeness (QED) is 0.750. The molecular formula is C14H16O3S2. The monoisotopic (exact) mass is 296 g/mol. The lowest BCUT2D eigenvalue weighted by Crippen LogP contribution is -2.01. The number of thiophene rings is 2. The Labute approximate surface area is 120 Å². The van der Waals surface area contributed by atoms with Crippen LogP contribution in [0.2, 0.25) is 0 Å². The molecule has 2 aromatic heterocycles. The summed E-state index contributed by atoms with van der Waals surface area (Å²) in [5.41, 5.74) is 0. The van der Waals surface area contributed by atoms with E-state index in [1.807, 2.05) is 26.0 Å². The van der Waals surface area contributed by atoms with Crippen LogP contribution in [0.1, 0.15) is 28.4 Å². The van der Waals surface area contributed by atoms with Crippen LogP contribution >= 0.6 is 22.7 Å². The van der Waals surface area contributed by atoms with Crippen LogP contribution in [0.3, 0.4) is 0 Å². The van der Waals surface area contributed by atoms with E-state index in [0.29, 0.717) is 18.1 Å². The SMILES string of the molecule is CCOCc1ccc(-c2ccc(C(=O)OCC)s2)s1. The molecule has 0 aliphatic heterocycles. The predicted molar refractivity (Wildman–Crippen MR) is 78.9 cm³/mol. The summed E-state index contributed by atoms with van der Waals surface area (Å²) in [6.07, 6.45) is 0. The summed E-state index contributed by atoms with van der Waals surface area (Å²) >= 11 is 3.16. The van der Waals surface area contributed by atoms with Crippen molar-refractivity contribution >= 4 is 28.6 Å². The van der Waals surface area contributed by atoms with E-state index in [0.717, 1.165) is 16.4 Å². The van der Waals surface area contributed by atoms with Gasteiger partial charge < -0.3 is 9.47 Å². The number of hydrogen-bond acceptors (Lipinski definition) is 5. The molecule has 0 fully saturated rings. The minimum atomic E-state index is -0.246. The van der Waals surface area contributed by atoms with Crippen molar-refractivity contribution in [2.75, 3.05) is 13.2 Å². The second-order valence-corrected chi connectivity index (χ2v) is 6.04. The van der Waals surface area contributed by atoms with Crippen LogP contribution < -0.4 is 0 Å². The molecule has 0 saturated carbocycles. The van der Waals surface area contributed by atoms with Crippen molar-refractivity contribution in [3.63, 3.8) is 0 Å². The highest BCUT2D eigenvalue weighted by atomic mass is 32.1. The Morgan fingerprint density at radius 2 is 1.79 bits per heavy atom. The third kappa shape index (κ3) is 3.65. The molecule has 0 N–H and O–H groups in total. The van der Waals surface area contributed by atoms with Gasteiger partial charge in [-0.2, -0.15) is 0 Å². The second kappa shape index (κ2) is 6.84. The summed E-state index contributed by atoms with van der Waals surface area (Å²) in [6, 6.07) is 7.92. The highest BCUT2D eigenvalue weighted by Crippen LogP contribution is 2.34. The zero-order valence-electron chi connectivity index (χ0n) is 11.0. The van der Waals surface area contributed by atoms with Gasteiger partial charge >= 0.3 is 5.97 Å². The summed E-state index contributed by atoms with van der Waals surface area (Å²) in [4.78, 5) is 15.7. The lowest BCUT2D eigenvalue weighted by Gasteiger charge is -1.97. The van der Waals surface area contributed by atoms with Gasteiger partial charge in [-0.15, -0.1) is 22.7 Å². The van der Waals surface area contributed by atoms with Crippen LogP contribution in [0.4, 0.5) is 0 Å². The molecule has 0 bridgehead atoms. The largest absolute Gasteiger partial charge is 0.462 e. The molecule has 5 heteroatoms. The van der Waals surface area contributed by atoms with E-state index >= 15 is 0 Å². The Kier molecular flexibility index (Phi) is 5.13. The summed E-state index contributed by atoms with van der Waals surface area (Å²) in [5.74, 6) is -0.246. The van der Waals surface area contributed by atoms with Crippen molar-refractivity contribution in [2.24, 2.45) is 0 Å². The van der Waals surface area contributed by atoms with Gasteiger partial charge in [0.25, 0.3) is 0 Å². The number of esters is 1. The standard InChI is InChI=1S/C14H16O3S2/c1-3-16-9-10-5-6-11(18-10)12-7-8-13(19-12)14(15)17-4-2/h5-8H,3-4,9H2,1-2H3. The third-order valence-electron chi connectivity index (χ3n) is 2.44. The normalized spacial score (nSPS) is 10.6. The smallest absolute Gasteiger partial charge is 0.348 e. The average molecular weight is 296 g/mol. The topological polar surface area (TPSA) is 35.5 Å². The average Bonchev–Trinajstić information content (AvgIpc) is 3.05. The minimum Gasteiger partial charge on any atom is -0.462 e. The molecule has 102 valence electrons. The van der Waals surface area contributed by atoms with Crippen LogP contribution in [0.15, 0.2) is 24.3 Å². The van der Waals surface area contributed by atoms with Crippen molar-refractivity contribution in [3.8, 4) is 9.75 Å². The molecular weight excluding hydrogens is 280 g/mol. The Bertz CT molecular complexity index is 542. The van der Waals surface area contributed by atoms with E-state index in [9.17, 15) is 4.79 Å². The Hall–Kier alpha value is -1.17. The number of carbonyl (C=O) groups excluding carboxylic acids is 1. The zero-order valence-corrected chi connectivity index (χ0v) is 12.6. The van der Waals surface area contributed by atoms with E-state index in [1.165, 1.54) is 16.2 Å². The number of ether oxygens (including phenoxy) is 2. The highest BCUT2D eigenvalue weighted by molar-refractivity contribution is 7.23. The van der Waals surface area contributed by atoms with Gasteiger partial charge in [-0.25, -0.2) is 4.79 Å². The van der Waals surface area contributed by atoms with Crippen molar-refractivity contribution in [2.45, 2.75) is 20.5 Å².